The summed E-state index contributed by atoms with van der Waals surface area (Å²) in [4.78, 5) is 0. The fourth-order valence-corrected chi connectivity index (χ4v) is 1.86. The molecular weight excluding hydrogens is 240 g/mol. The van der Waals surface area contributed by atoms with Crippen LogP contribution in [-0.2, 0) is 6.42 Å². The predicted octanol–water partition coefficient (Wildman–Crippen LogP) is 3.73. The molecule has 1 heterocycles. The molecule has 0 fully saturated rings. The summed E-state index contributed by atoms with van der Waals surface area (Å²) < 4.78 is 10.8. The maximum atomic E-state index is 10.1. The van der Waals surface area contributed by atoms with Crippen molar-refractivity contribution in [2.24, 2.45) is 0 Å². The van der Waals surface area contributed by atoms with E-state index in [2.05, 4.69) is 6.92 Å². The van der Waals surface area contributed by atoms with Crippen LogP contribution in [0.5, 0.6) is 5.75 Å². The number of aliphatic hydroxyl groups excluding tert-OH is 1. The summed E-state index contributed by atoms with van der Waals surface area (Å²) in [5, 5.41) is 10.1. The fraction of sp³-hybridized carbons (Fsp3) is 0.375. The van der Waals surface area contributed by atoms with Crippen molar-refractivity contribution in [2.45, 2.75) is 32.3 Å². The lowest BCUT2D eigenvalue weighted by Crippen LogP contribution is -2.01. The molecule has 0 amide bonds. The summed E-state index contributed by atoms with van der Waals surface area (Å²) in [5.41, 5.74) is 0.874. The number of hydrogen-bond donors (Lipinski definition) is 1. The molecule has 2 rings (SSSR count). The highest BCUT2D eigenvalue weighted by Gasteiger charge is 2.10. The molecule has 3 heteroatoms. The molecular formula is C16H20O3. The average Bonchev–Trinajstić information content (AvgIpc) is 2.93. The van der Waals surface area contributed by atoms with Crippen LogP contribution in [-0.4, -0.2) is 11.7 Å². The minimum Gasteiger partial charge on any atom is -0.494 e. The molecule has 1 N–H and O–H groups in total. The number of benzene rings is 1. The molecule has 1 unspecified atom stereocenters. The zero-order valence-corrected chi connectivity index (χ0v) is 11.2. The first-order valence-corrected chi connectivity index (χ1v) is 6.73. The highest BCUT2D eigenvalue weighted by atomic mass is 16.5. The monoisotopic (exact) mass is 260 g/mol. The van der Waals surface area contributed by atoms with E-state index >= 15 is 0 Å². The molecule has 1 aromatic carbocycles. The second-order valence-electron chi connectivity index (χ2n) is 4.57. The van der Waals surface area contributed by atoms with Crippen LogP contribution >= 0.6 is 0 Å². The Labute approximate surface area is 113 Å². The van der Waals surface area contributed by atoms with Gasteiger partial charge in [-0.15, -0.1) is 0 Å². The highest BCUT2D eigenvalue weighted by Crippen LogP contribution is 2.21. The van der Waals surface area contributed by atoms with Gasteiger partial charge in [0, 0.05) is 6.42 Å². The molecule has 0 radical (unpaired) electrons. The van der Waals surface area contributed by atoms with Crippen molar-refractivity contribution in [3.05, 3.63) is 54.0 Å². The Morgan fingerprint density at radius 2 is 2.00 bits per heavy atom. The second kappa shape index (κ2) is 7.00. The van der Waals surface area contributed by atoms with E-state index in [9.17, 15) is 5.11 Å². The van der Waals surface area contributed by atoms with E-state index in [0.29, 0.717) is 6.42 Å². The number of ether oxygens (including phenoxy) is 1. The van der Waals surface area contributed by atoms with Crippen LogP contribution in [0.15, 0.2) is 47.1 Å². The molecule has 0 bridgehead atoms. The molecule has 0 aliphatic heterocycles. The van der Waals surface area contributed by atoms with E-state index in [1.54, 1.807) is 6.26 Å². The van der Waals surface area contributed by atoms with Gasteiger partial charge in [-0.1, -0.05) is 25.5 Å². The number of unbranched alkanes of at least 4 members (excludes halogenated alkanes) is 1. The molecule has 3 nitrogen and oxygen atoms in total. The number of rotatable bonds is 7. The first kappa shape index (κ1) is 13.7. The summed E-state index contributed by atoms with van der Waals surface area (Å²) in [6, 6.07) is 11.3. The largest absolute Gasteiger partial charge is 0.494 e. The number of furan rings is 1. The zero-order chi connectivity index (χ0) is 13.5. The van der Waals surface area contributed by atoms with E-state index < -0.39 is 6.10 Å². The molecule has 1 aromatic heterocycles. The van der Waals surface area contributed by atoms with Crippen molar-refractivity contribution in [2.75, 3.05) is 6.61 Å². The predicted molar refractivity (Wildman–Crippen MR) is 74.2 cm³/mol. The molecule has 102 valence electrons. The van der Waals surface area contributed by atoms with Crippen molar-refractivity contribution >= 4 is 0 Å². The summed E-state index contributed by atoms with van der Waals surface area (Å²) in [6.45, 7) is 2.88. The average molecular weight is 260 g/mol. The molecule has 1 atom stereocenters. The van der Waals surface area contributed by atoms with Crippen LogP contribution < -0.4 is 4.74 Å². The Bertz CT molecular complexity index is 459. The van der Waals surface area contributed by atoms with Gasteiger partial charge in [-0.3, -0.25) is 0 Å². The lowest BCUT2D eigenvalue weighted by Gasteiger charge is -2.11. The summed E-state index contributed by atoms with van der Waals surface area (Å²) in [7, 11) is 0. The van der Waals surface area contributed by atoms with Crippen molar-refractivity contribution in [3.8, 4) is 5.75 Å². The molecule has 0 spiro atoms. The Hall–Kier alpha value is -1.74. The lowest BCUT2D eigenvalue weighted by molar-refractivity contribution is 0.170. The quantitative estimate of drug-likeness (QED) is 0.771. The third kappa shape index (κ3) is 4.14. The van der Waals surface area contributed by atoms with Crippen molar-refractivity contribution < 1.29 is 14.3 Å². The van der Waals surface area contributed by atoms with E-state index in [1.807, 2.05) is 36.4 Å². The standard InChI is InChI=1S/C16H20O3/c1-2-3-10-18-14-8-6-13(7-9-14)16(17)12-15-5-4-11-19-15/h4-9,11,16-17H,2-3,10,12H2,1H3. The van der Waals surface area contributed by atoms with E-state index in [4.69, 9.17) is 9.15 Å². The van der Waals surface area contributed by atoms with Gasteiger partial charge in [0.2, 0.25) is 0 Å². The smallest absolute Gasteiger partial charge is 0.119 e. The van der Waals surface area contributed by atoms with Crippen molar-refractivity contribution in [1.29, 1.82) is 0 Å². The van der Waals surface area contributed by atoms with Crippen LogP contribution in [0.4, 0.5) is 0 Å². The molecule has 2 aromatic rings. The van der Waals surface area contributed by atoms with Gasteiger partial charge < -0.3 is 14.3 Å². The molecule has 0 aliphatic rings. The van der Waals surface area contributed by atoms with E-state index in [1.165, 1.54) is 0 Å². The first-order valence-electron chi connectivity index (χ1n) is 6.73. The third-order valence-corrected chi connectivity index (χ3v) is 3.01. The minimum atomic E-state index is -0.546. The maximum Gasteiger partial charge on any atom is 0.119 e. The van der Waals surface area contributed by atoms with Crippen LogP contribution in [0, 0.1) is 0 Å². The van der Waals surface area contributed by atoms with Gasteiger partial charge >= 0.3 is 0 Å². The van der Waals surface area contributed by atoms with Gasteiger partial charge in [0.1, 0.15) is 11.5 Å². The summed E-state index contributed by atoms with van der Waals surface area (Å²) in [5.74, 6) is 1.64. The molecule has 0 saturated carbocycles. The van der Waals surface area contributed by atoms with Crippen LogP contribution in [0.3, 0.4) is 0 Å². The minimum absolute atomic E-state index is 0.489. The van der Waals surface area contributed by atoms with Gasteiger partial charge in [0.15, 0.2) is 0 Å². The fourth-order valence-electron chi connectivity index (χ4n) is 1.86. The second-order valence-corrected chi connectivity index (χ2v) is 4.57. The topological polar surface area (TPSA) is 42.6 Å². The van der Waals surface area contributed by atoms with Crippen molar-refractivity contribution in [3.63, 3.8) is 0 Å². The Balaban J connectivity index is 1.90. The Morgan fingerprint density at radius 3 is 2.63 bits per heavy atom. The highest BCUT2D eigenvalue weighted by molar-refractivity contribution is 5.29. The van der Waals surface area contributed by atoms with Crippen LogP contribution in [0.25, 0.3) is 0 Å². The third-order valence-electron chi connectivity index (χ3n) is 3.01. The lowest BCUT2D eigenvalue weighted by atomic mass is 10.1. The van der Waals surface area contributed by atoms with Gasteiger partial charge in [-0.05, 0) is 36.2 Å². The molecule has 19 heavy (non-hydrogen) atoms. The van der Waals surface area contributed by atoms with Gasteiger partial charge in [0.25, 0.3) is 0 Å². The number of aliphatic hydroxyl groups is 1. The first-order chi connectivity index (χ1) is 9.29. The summed E-state index contributed by atoms with van der Waals surface area (Å²) in [6.07, 6.45) is 3.74. The van der Waals surface area contributed by atoms with E-state index in [0.717, 1.165) is 36.5 Å². The van der Waals surface area contributed by atoms with Crippen LogP contribution in [0.1, 0.15) is 37.2 Å². The molecule has 0 aliphatic carbocycles. The SMILES string of the molecule is CCCCOc1ccc(C(O)Cc2ccco2)cc1. The molecule has 0 saturated heterocycles. The Morgan fingerprint density at radius 1 is 1.21 bits per heavy atom. The van der Waals surface area contributed by atoms with Gasteiger partial charge in [-0.2, -0.15) is 0 Å². The summed E-state index contributed by atoms with van der Waals surface area (Å²) >= 11 is 0. The van der Waals surface area contributed by atoms with Gasteiger partial charge in [-0.25, -0.2) is 0 Å². The van der Waals surface area contributed by atoms with Crippen molar-refractivity contribution in [1.82, 2.24) is 0 Å². The maximum absolute atomic E-state index is 10.1. The number of hydrogen-bond acceptors (Lipinski definition) is 3. The normalized spacial score (nSPS) is 12.3. The van der Waals surface area contributed by atoms with E-state index in [-0.39, 0.29) is 0 Å². The zero-order valence-electron chi connectivity index (χ0n) is 11.2. The van der Waals surface area contributed by atoms with Crippen LogP contribution in [0.2, 0.25) is 0 Å². The van der Waals surface area contributed by atoms with Gasteiger partial charge in [0.05, 0.1) is 19.0 Å². The Kier molecular flexibility index (Phi) is 5.04.